The maximum atomic E-state index is 12.0. The molecule has 0 fully saturated rings. The molecular weight excluding hydrogens is 256 g/mol. The highest BCUT2D eigenvalue weighted by Crippen LogP contribution is 2.32. The van der Waals surface area contributed by atoms with Crippen LogP contribution in [-0.4, -0.2) is 37.2 Å². The van der Waals surface area contributed by atoms with Crippen molar-refractivity contribution in [1.82, 2.24) is 10.2 Å². The van der Waals surface area contributed by atoms with E-state index in [0.717, 1.165) is 17.1 Å². The normalized spacial score (nSPS) is 12.0. The number of carbonyl (C=O) groups excluding carboxylic acids is 1. The number of rotatable bonds is 6. The molecule has 5 heteroatoms. The SMILES string of the molecule is C#CCNCC(=O)N(CC)Cc1ccc2c(c1)OCO2. The van der Waals surface area contributed by atoms with E-state index in [1.54, 1.807) is 4.90 Å². The van der Waals surface area contributed by atoms with Gasteiger partial charge in [0, 0.05) is 13.1 Å². The van der Waals surface area contributed by atoms with Gasteiger partial charge in [-0.15, -0.1) is 6.42 Å². The van der Waals surface area contributed by atoms with Crippen LogP contribution in [0.5, 0.6) is 11.5 Å². The largest absolute Gasteiger partial charge is 0.454 e. The number of ether oxygens (including phenoxy) is 2. The van der Waals surface area contributed by atoms with Gasteiger partial charge in [-0.25, -0.2) is 0 Å². The van der Waals surface area contributed by atoms with Crippen LogP contribution >= 0.6 is 0 Å². The van der Waals surface area contributed by atoms with Crippen molar-refractivity contribution in [2.24, 2.45) is 0 Å². The molecule has 106 valence electrons. The molecule has 0 unspecified atom stereocenters. The van der Waals surface area contributed by atoms with Crippen LogP contribution in [-0.2, 0) is 11.3 Å². The van der Waals surface area contributed by atoms with Crippen molar-refractivity contribution in [1.29, 1.82) is 0 Å². The molecule has 1 aliphatic rings. The van der Waals surface area contributed by atoms with Crippen LogP contribution < -0.4 is 14.8 Å². The summed E-state index contributed by atoms with van der Waals surface area (Å²) >= 11 is 0. The lowest BCUT2D eigenvalue weighted by atomic mass is 10.2. The van der Waals surface area contributed by atoms with Crippen molar-refractivity contribution >= 4 is 5.91 Å². The molecule has 0 aliphatic carbocycles. The molecule has 0 radical (unpaired) electrons. The lowest BCUT2D eigenvalue weighted by Crippen LogP contribution is -2.37. The van der Waals surface area contributed by atoms with Crippen LogP contribution in [0.25, 0.3) is 0 Å². The first-order valence-electron chi connectivity index (χ1n) is 6.55. The maximum absolute atomic E-state index is 12.0. The molecule has 5 nitrogen and oxygen atoms in total. The first kappa shape index (κ1) is 14.2. The number of fused-ring (bicyclic) bond motifs is 1. The van der Waals surface area contributed by atoms with E-state index < -0.39 is 0 Å². The summed E-state index contributed by atoms with van der Waals surface area (Å²) in [5.41, 5.74) is 1.02. The predicted molar refractivity (Wildman–Crippen MR) is 75.4 cm³/mol. The molecule has 1 heterocycles. The predicted octanol–water partition coefficient (Wildman–Crippen LogP) is 0.987. The summed E-state index contributed by atoms with van der Waals surface area (Å²) in [7, 11) is 0. The highest BCUT2D eigenvalue weighted by Gasteiger charge is 2.16. The van der Waals surface area contributed by atoms with Gasteiger partial charge in [-0.1, -0.05) is 12.0 Å². The molecule has 0 aromatic heterocycles. The molecule has 1 amide bonds. The molecule has 0 saturated heterocycles. The number of terminal acetylenes is 1. The lowest BCUT2D eigenvalue weighted by molar-refractivity contribution is -0.130. The zero-order valence-electron chi connectivity index (χ0n) is 11.5. The summed E-state index contributed by atoms with van der Waals surface area (Å²) in [5.74, 6) is 3.96. The molecule has 1 aromatic rings. The third-order valence-corrected chi connectivity index (χ3v) is 3.05. The number of hydrogen-bond donors (Lipinski definition) is 1. The highest BCUT2D eigenvalue weighted by molar-refractivity contribution is 5.78. The van der Waals surface area contributed by atoms with Crippen LogP contribution in [0, 0.1) is 12.3 Å². The molecule has 0 spiro atoms. The second-order valence-electron chi connectivity index (χ2n) is 4.40. The Morgan fingerprint density at radius 2 is 2.25 bits per heavy atom. The van der Waals surface area contributed by atoms with E-state index in [2.05, 4.69) is 11.2 Å². The minimum absolute atomic E-state index is 0.0282. The fourth-order valence-corrected chi connectivity index (χ4v) is 1.99. The Balaban J connectivity index is 1.96. The van der Waals surface area contributed by atoms with Gasteiger partial charge in [0.2, 0.25) is 12.7 Å². The third-order valence-electron chi connectivity index (χ3n) is 3.05. The van der Waals surface area contributed by atoms with Gasteiger partial charge in [0.15, 0.2) is 11.5 Å². The number of benzene rings is 1. The van der Waals surface area contributed by atoms with Gasteiger partial charge in [-0.2, -0.15) is 0 Å². The first-order valence-corrected chi connectivity index (χ1v) is 6.55. The fourth-order valence-electron chi connectivity index (χ4n) is 1.99. The average molecular weight is 274 g/mol. The molecule has 2 rings (SSSR count). The Morgan fingerprint density at radius 1 is 1.45 bits per heavy atom. The number of amides is 1. The molecule has 20 heavy (non-hydrogen) atoms. The maximum Gasteiger partial charge on any atom is 0.236 e. The second kappa shape index (κ2) is 6.83. The van der Waals surface area contributed by atoms with Gasteiger partial charge in [0.1, 0.15) is 0 Å². The Kier molecular flexibility index (Phi) is 4.85. The van der Waals surface area contributed by atoms with E-state index in [9.17, 15) is 4.79 Å². The third kappa shape index (κ3) is 3.43. The molecule has 0 atom stereocenters. The van der Waals surface area contributed by atoms with Crippen molar-refractivity contribution in [2.45, 2.75) is 13.5 Å². The summed E-state index contributed by atoms with van der Waals surface area (Å²) in [6.45, 7) is 4.04. The van der Waals surface area contributed by atoms with Gasteiger partial charge >= 0.3 is 0 Å². The van der Waals surface area contributed by atoms with E-state index in [-0.39, 0.29) is 19.2 Å². The molecule has 0 saturated carbocycles. The van der Waals surface area contributed by atoms with E-state index in [0.29, 0.717) is 19.6 Å². The van der Waals surface area contributed by atoms with E-state index >= 15 is 0 Å². The second-order valence-corrected chi connectivity index (χ2v) is 4.40. The van der Waals surface area contributed by atoms with E-state index in [1.165, 1.54) is 0 Å². The summed E-state index contributed by atoms with van der Waals surface area (Å²) < 4.78 is 10.6. The number of likely N-dealkylation sites (N-methyl/N-ethyl adjacent to an activating group) is 1. The zero-order chi connectivity index (χ0) is 14.4. The monoisotopic (exact) mass is 274 g/mol. The Bertz CT molecular complexity index is 522. The van der Waals surface area contributed by atoms with E-state index in [1.807, 2.05) is 25.1 Å². The highest BCUT2D eigenvalue weighted by atomic mass is 16.7. The molecule has 1 N–H and O–H groups in total. The zero-order valence-corrected chi connectivity index (χ0v) is 11.5. The van der Waals surface area contributed by atoms with Crippen LogP contribution in [0.2, 0.25) is 0 Å². The van der Waals surface area contributed by atoms with Gasteiger partial charge < -0.3 is 14.4 Å². The minimum Gasteiger partial charge on any atom is -0.454 e. The van der Waals surface area contributed by atoms with Crippen molar-refractivity contribution in [2.75, 3.05) is 26.4 Å². The van der Waals surface area contributed by atoms with Crippen LogP contribution in [0.4, 0.5) is 0 Å². The van der Waals surface area contributed by atoms with Crippen LogP contribution in [0.1, 0.15) is 12.5 Å². The number of nitrogens with zero attached hydrogens (tertiary/aromatic N) is 1. The quantitative estimate of drug-likeness (QED) is 0.621. The van der Waals surface area contributed by atoms with Crippen molar-refractivity contribution in [3.8, 4) is 23.8 Å². The van der Waals surface area contributed by atoms with Crippen molar-refractivity contribution in [3.63, 3.8) is 0 Å². The summed E-state index contributed by atoms with van der Waals surface area (Å²) in [5, 5.41) is 2.91. The van der Waals surface area contributed by atoms with Gasteiger partial charge in [0.25, 0.3) is 0 Å². The van der Waals surface area contributed by atoms with Crippen molar-refractivity contribution < 1.29 is 14.3 Å². The van der Waals surface area contributed by atoms with Gasteiger partial charge in [0.05, 0.1) is 13.1 Å². The Labute approximate surface area is 118 Å². The number of hydrogen-bond acceptors (Lipinski definition) is 4. The summed E-state index contributed by atoms with van der Waals surface area (Å²) in [6.07, 6.45) is 5.14. The average Bonchev–Trinajstić information content (AvgIpc) is 2.92. The lowest BCUT2D eigenvalue weighted by Gasteiger charge is -2.21. The minimum atomic E-state index is 0.0282. The summed E-state index contributed by atoms with van der Waals surface area (Å²) in [6, 6.07) is 5.72. The number of carbonyl (C=O) groups is 1. The fraction of sp³-hybridized carbons (Fsp3) is 0.400. The van der Waals surface area contributed by atoms with Crippen LogP contribution in [0.3, 0.4) is 0 Å². The number of nitrogens with one attached hydrogen (secondary N) is 1. The van der Waals surface area contributed by atoms with Gasteiger partial charge in [-0.3, -0.25) is 10.1 Å². The smallest absolute Gasteiger partial charge is 0.236 e. The summed E-state index contributed by atoms with van der Waals surface area (Å²) in [4.78, 5) is 13.8. The van der Waals surface area contributed by atoms with Crippen molar-refractivity contribution in [3.05, 3.63) is 23.8 Å². The molecule has 1 aliphatic heterocycles. The molecule has 0 bridgehead atoms. The molecule has 1 aromatic carbocycles. The van der Waals surface area contributed by atoms with Gasteiger partial charge in [-0.05, 0) is 24.6 Å². The molecular formula is C15H18N2O3. The Morgan fingerprint density at radius 3 is 3.00 bits per heavy atom. The Hall–Kier alpha value is -2.19. The topological polar surface area (TPSA) is 50.8 Å². The van der Waals surface area contributed by atoms with E-state index in [4.69, 9.17) is 15.9 Å². The van der Waals surface area contributed by atoms with Crippen LogP contribution in [0.15, 0.2) is 18.2 Å². The standard InChI is InChI=1S/C15H18N2O3/c1-3-7-16-9-15(18)17(4-2)10-12-5-6-13-14(8-12)20-11-19-13/h1,5-6,8,16H,4,7,9-11H2,2H3. The first-order chi connectivity index (χ1) is 9.74.